The van der Waals surface area contributed by atoms with Gasteiger partial charge in [-0.3, -0.25) is 4.79 Å². The van der Waals surface area contributed by atoms with Gasteiger partial charge in [-0.2, -0.15) is 0 Å². The third-order valence-electron chi connectivity index (χ3n) is 4.65. The highest BCUT2D eigenvalue weighted by Crippen LogP contribution is 2.30. The molecule has 4 aromatic rings. The van der Waals surface area contributed by atoms with Crippen molar-refractivity contribution in [1.29, 1.82) is 0 Å². The molecule has 1 aromatic heterocycles. The number of hydrogen-bond donors (Lipinski definition) is 1. The standard InChI is InChI=1S/C25H21N3O3/c1-17-10-12-20(13-11-17)26-25(29)19-7-5-6-18(16-19)21-14-15-24(28-27-21)31-23-9-4-3-8-22(23)30-2/h3-16H,1-2H3,(H,26,29). The first-order chi connectivity index (χ1) is 15.1. The first kappa shape index (κ1) is 20.1. The third-order valence-corrected chi connectivity index (χ3v) is 4.65. The van der Waals surface area contributed by atoms with E-state index >= 15 is 0 Å². The molecular weight excluding hydrogens is 390 g/mol. The molecule has 0 bridgehead atoms. The van der Waals surface area contributed by atoms with Crippen molar-refractivity contribution in [3.63, 3.8) is 0 Å². The summed E-state index contributed by atoms with van der Waals surface area (Å²) < 4.78 is 11.0. The zero-order chi connectivity index (χ0) is 21.6. The first-order valence-corrected chi connectivity index (χ1v) is 9.75. The number of methoxy groups -OCH3 is 1. The molecule has 31 heavy (non-hydrogen) atoms. The summed E-state index contributed by atoms with van der Waals surface area (Å²) >= 11 is 0. The Morgan fingerprint density at radius 3 is 2.32 bits per heavy atom. The second-order valence-corrected chi connectivity index (χ2v) is 6.91. The van der Waals surface area contributed by atoms with Gasteiger partial charge in [-0.1, -0.05) is 42.0 Å². The molecule has 0 aliphatic rings. The average molecular weight is 411 g/mol. The summed E-state index contributed by atoms with van der Waals surface area (Å²) in [7, 11) is 1.58. The summed E-state index contributed by atoms with van der Waals surface area (Å²) in [5.74, 6) is 1.33. The smallest absolute Gasteiger partial charge is 0.255 e. The highest BCUT2D eigenvalue weighted by Gasteiger charge is 2.10. The Labute approximate surface area is 180 Å². The van der Waals surface area contributed by atoms with Crippen LogP contribution in [0.2, 0.25) is 0 Å². The number of ether oxygens (including phenoxy) is 2. The van der Waals surface area contributed by atoms with E-state index in [4.69, 9.17) is 9.47 Å². The number of carbonyl (C=O) groups excluding carboxylic acids is 1. The Hall–Kier alpha value is -4.19. The molecule has 4 rings (SSSR count). The number of amides is 1. The SMILES string of the molecule is COc1ccccc1Oc1ccc(-c2cccc(C(=O)Nc3ccc(C)cc3)c2)nn1. The van der Waals surface area contributed by atoms with Crippen LogP contribution in [0, 0.1) is 6.92 Å². The maximum Gasteiger partial charge on any atom is 0.255 e. The van der Waals surface area contributed by atoms with Crippen LogP contribution in [0.4, 0.5) is 5.69 Å². The molecule has 1 heterocycles. The van der Waals surface area contributed by atoms with Crippen molar-refractivity contribution in [2.75, 3.05) is 12.4 Å². The Kier molecular flexibility index (Phi) is 5.89. The van der Waals surface area contributed by atoms with Crippen LogP contribution in [0.15, 0.2) is 84.9 Å². The first-order valence-electron chi connectivity index (χ1n) is 9.75. The minimum Gasteiger partial charge on any atom is -0.493 e. The predicted octanol–water partition coefficient (Wildman–Crippen LogP) is 5.51. The number of aromatic nitrogens is 2. The topological polar surface area (TPSA) is 73.3 Å². The lowest BCUT2D eigenvalue weighted by Crippen LogP contribution is -2.11. The molecule has 0 fully saturated rings. The molecule has 154 valence electrons. The summed E-state index contributed by atoms with van der Waals surface area (Å²) in [5, 5.41) is 11.3. The minimum atomic E-state index is -0.185. The molecule has 0 saturated heterocycles. The van der Waals surface area contributed by atoms with E-state index in [2.05, 4.69) is 15.5 Å². The van der Waals surface area contributed by atoms with Crippen LogP contribution >= 0.6 is 0 Å². The quantitative estimate of drug-likeness (QED) is 0.453. The van der Waals surface area contributed by atoms with Crippen molar-refractivity contribution in [1.82, 2.24) is 10.2 Å². The van der Waals surface area contributed by atoms with Gasteiger partial charge in [-0.25, -0.2) is 0 Å². The predicted molar refractivity (Wildman–Crippen MR) is 120 cm³/mol. The molecule has 1 amide bonds. The largest absolute Gasteiger partial charge is 0.493 e. The summed E-state index contributed by atoms with van der Waals surface area (Å²) in [6.45, 7) is 2.00. The van der Waals surface area contributed by atoms with E-state index in [-0.39, 0.29) is 5.91 Å². The van der Waals surface area contributed by atoms with E-state index < -0.39 is 0 Å². The van der Waals surface area contributed by atoms with Gasteiger partial charge < -0.3 is 14.8 Å². The fourth-order valence-corrected chi connectivity index (χ4v) is 3.00. The lowest BCUT2D eigenvalue weighted by molar-refractivity contribution is 0.102. The van der Waals surface area contributed by atoms with Gasteiger partial charge in [0.2, 0.25) is 5.88 Å². The number of rotatable bonds is 6. The van der Waals surface area contributed by atoms with Crippen LogP contribution in [-0.4, -0.2) is 23.2 Å². The van der Waals surface area contributed by atoms with Gasteiger partial charge in [0, 0.05) is 22.9 Å². The number of nitrogens with zero attached hydrogens (tertiary/aromatic N) is 2. The maximum atomic E-state index is 12.6. The van der Waals surface area contributed by atoms with Gasteiger partial charge in [0.05, 0.1) is 12.8 Å². The Morgan fingerprint density at radius 2 is 1.61 bits per heavy atom. The number of anilines is 1. The Bertz CT molecular complexity index is 1190. The summed E-state index contributed by atoms with van der Waals surface area (Å²) in [6, 6.07) is 25.8. The molecule has 0 saturated carbocycles. The Balaban J connectivity index is 1.49. The molecule has 0 atom stereocenters. The van der Waals surface area contributed by atoms with Gasteiger partial charge in [0.1, 0.15) is 0 Å². The van der Waals surface area contributed by atoms with E-state index in [1.807, 2.05) is 61.5 Å². The lowest BCUT2D eigenvalue weighted by atomic mass is 10.1. The number of para-hydroxylation sites is 2. The van der Waals surface area contributed by atoms with Gasteiger partial charge in [-0.05, 0) is 49.4 Å². The second kappa shape index (κ2) is 9.09. The van der Waals surface area contributed by atoms with Crippen LogP contribution in [0.5, 0.6) is 17.4 Å². The van der Waals surface area contributed by atoms with E-state index in [1.54, 1.807) is 37.4 Å². The van der Waals surface area contributed by atoms with E-state index in [0.717, 1.165) is 16.8 Å². The molecule has 0 radical (unpaired) electrons. The van der Waals surface area contributed by atoms with Crippen LogP contribution in [0.1, 0.15) is 15.9 Å². The second-order valence-electron chi connectivity index (χ2n) is 6.91. The van der Waals surface area contributed by atoms with Crippen molar-refractivity contribution < 1.29 is 14.3 Å². The molecule has 1 N–H and O–H groups in total. The van der Waals surface area contributed by atoms with Gasteiger partial charge >= 0.3 is 0 Å². The van der Waals surface area contributed by atoms with E-state index in [1.165, 1.54) is 0 Å². The molecule has 3 aromatic carbocycles. The molecule has 6 nitrogen and oxygen atoms in total. The van der Waals surface area contributed by atoms with E-state index in [0.29, 0.717) is 28.6 Å². The molecule has 0 aliphatic heterocycles. The normalized spacial score (nSPS) is 10.4. The number of nitrogens with one attached hydrogen (secondary N) is 1. The molecular formula is C25H21N3O3. The number of benzene rings is 3. The lowest BCUT2D eigenvalue weighted by Gasteiger charge is -2.09. The highest BCUT2D eigenvalue weighted by molar-refractivity contribution is 6.04. The van der Waals surface area contributed by atoms with Crippen LogP contribution in [-0.2, 0) is 0 Å². The van der Waals surface area contributed by atoms with E-state index in [9.17, 15) is 4.79 Å². The average Bonchev–Trinajstić information content (AvgIpc) is 2.81. The van der Waals surface area contributed by atoms with Crippen molar-refractivity contribution in [3.8, 4) is 28.6 Å². The van der Waals surface area contributed by atoms with Crippen molar-refractivity contribution in [2.45, 2.75) is 6.92 Å². The zero-order valence-electron chi connectivity index (χ0n) is 17.2. The van der Waals surface area contributed by atoms with Gasteiger partial charge in [0.15, 0.2) is 11.5 Å². The highest BCUT2D eigenvalue weighted by atomic mass is 16.5. The molecule has 0 unspecified atom stereocenters. The fourth-order valence-electron chi connectivity index (χ4n) is 3.00. The van der Waals surface area contributed by atoms with Crippen LogP contribution < -0.4 is 14.8 Å². The van der Waals surface area contributed by atoms with Gasteiger partial charge in [0.25, 0.3) is 5.91 Å². The summed E-state index contributed by atoms with van der Waals surface area (Å²) in [6.07, 6.45) is 0. The minimum absolute atomic E-state index is 0.185. The summed E-state index contributed by atoms with van der Waals surface area (Å²) in [5.41, 5.74) is 3.84. The number of aryl methyl sites for hydroxylation is 1. The fraction of sp³-hybridized carbons (Fsp3) is 0.0800. The van der Waals surface area contributed by atoms with Crippen molar-refractivity contribution >= 4 is 11.6 Å². The third kappa shape index (κ3) is 4.87. The number of hydrogen-bond acceptors (Lipinski definition) is 5. The number of carbonyl (C=O) groups is 1. The monoisotopic (exact) mass is 411 g/mol. The molecule has 0 spiro atoms. The molecule has 6 heteroatoms. The van der Waals surface area contributed by atoms with Crippen LogP contribution in [0.3, 0.4) is 0 Å². The van der Waals surface area contributed by atoms with Crippen molar-refractivity contribution in [3.05, 3.63) is 96.1 Å². The maximum absolute atomic E-state index is 12.6. The van der Waals surface area contributed by atoms with Gasteiger partial charge in [-0.15, -0.1) is 10.2 Å². The van der Waals surface area contributed by atoms with Crippen LogP contribution in [0.25, 0.3) is 11.3 Å². The molecule has 0 aliphatic carbocycles. The Morgan fingerprint density at radius 1 is 0.839 bits per heavy atom. The summed E-state index contributed by atoms with van der Waals surface area (Å²) in [4.78, 5) is 12.6. The van der Waals surface area contributed by atoms with Crippen molar-refractivity contribution in [2.24, 2.45) is 0 Å². The zero-order valence-corrected chi connectivity index (χ0v) is 17.2.